The van der Waals surface area contributed by atoms with Crippen LogP contribution in [0.5, 0.6) is 0 Å². The molecule has 21 heavy (non-hydrogen) atoms. The van der Waals surface area contributed by atoms with Crippen LogP contribution < -0.4 is 10.6 Å². The van der Waals surface area contributed by atoms with Crippen molar-refractivity contribution in [3.63, 3.8) is 0 Å². The first-order valence-corrected chi connectivity index (χ1v) is 6.85. The molecule has 0 saturated carbocycles. The second kappa shape index (κ2) is 7.05. The molecule has 1 aliphatic heterocycles. The number of piperazine rings is 1. The Balaban J connectivity index is 1.97. The van der Waals surface area contributed by atoms with Gasteiger partial charge < -0.3 is 10.6 Å². The normalized spacial score (nSPS) is 18.5. The van der Waals surface area contributed by atoms with E-state index < -0.39 is 0 Å². The number of amides is 1. The highest BCUT2D eigenvalue weighted by Crippen LogP contribution is 2.20. The maximum atomic E-state index is 12.0. The van der Waals surface area contributed by atoms with Crippen molar-refractivity contribution in [3.05, 3.63) is 28.8 Å². The minimum Gasteiger partial charge on any atom is -0.325 e. The maximum absolute atomic E-state index is 12.0. The molecule has 1 amide bonds. The van der Waals surface area contributed by atoms with Crippen molar-refractivity contribution in [2.45, 2.75) is 6.04 Å². The van der Waals surface area contributed by atoms with Gasteiger partial charge in [0.15, 0.2) is 0 Å². The summed E-state index contributed by atoms with van der Waals surface area (Å²) in [6, 6.07) is 8.56. The molecule has 1 fully saturated rings. The first-order chi connectivity index (χ1) is 10.1. The van der Waals surface area contributed by atoms with E-state index in [1.165, 1.54) is 6.07 Å². The lowest BCUT2D eigenvalue weighted by Gasteiger charge is -2.31. The second-order valence-electron chi connectivity index (χ2n) is 4.67. The number of nitrogens with zero attached hydrogens (tertiary/aromatic N) is 3. The van der Waals surface area contributed by atoms with Gasteiger partial charge in [-0.15, -0.1) is 0 Å². The van der Waals surface area contributed by atoms with Crippen LogP contribution in [0, 0.1) is 22.7 Å². The maximum Gasteiger partial charge on any atom is 0.238 e. The second-order valence-corrected chi connectivity index (χ2v) is 5.08. The molecule has 1 unspecified atom stereocenters. The number of benzene rings is 1. The topological polar surface area (TPSA) is 91.9 Å². The third-order valence-corrected chi connectivity index (χ3v) is 3.54. The van der Waals surface area contributed by atoms with Gasteiger partial charge in [0, 0.05) is 25.3 Å². The zero-order chi connectivity index (χ0) is 15.2. The van der Waals surface area contributed by atoms with Crippen LogP contribution in [-0.2, 0) is 4.79 Å². The van der Waals surface area contributed by atoms with Crippen molar-refractivity contribution < 1.29 is 4.79 Å². The lowest BCUT2D eigenvalue weighted by atomic mass is 10.2. The van der Waals surface area contributed by atoms with Gasteiger partial charge in [0.1, 0.15) is 12.1 Å². The fourth-order valence-electron chi connectivity index (χ4n) is 2.13. The van der Waals surface area contributed by atoms with Crippen LogP contribution in [0.25, 0.3) is 0 Å². The molecule has 6 nitrogen and oxygen atoms in total. The van der Waals surface area contributed by atoms with Crippen LogP contribution in [0.4, 0.5) is 5.69 Å². The highest BCUT2D eigenvalue weighted by molar-refractivity contribution is 6.32. The number of carbonyl (C=O) groups excluding carboxylic acids is 1. The summed E-state index contributed by atoms with van der Waals surface area (Å²) in [6.07, 6.45) is 0. The Kier molecular flexibility index (Phi) is 5.13. The molecule has 2 rings (SSSR count). The van der Waals surface area contributed by atoms with Gasteiger partial charge in [0.25, 0.3) is 0 Å². The Morgan fingerprint density at radius 1 is 1.52 bits per heavy atom. The van der Waals surface area contributed by atoms with Crippen molar-refractivity contribution in [3.8, 4) is 12.1 Å². The van der Waals surface area contributed by atoms with Crippen LogP contribution in [0.2, 0.25) is 5.02 Å². The van der Waals surface area contributed by atoms with E-state index in [4.69, 9.17) is 22.1 Å². The largest absolute Gasteiger partial charge is 0.325 e. The Morgan fingerprint density at radius 2 is 2.33 bits per heavy atom. The Hall–Kier alpha value is -2.12. The van der Waals surface area contributed by atoms with E-state index in [0.29, 0.717) is 29.4 Å². The predicted octanol–water partition coefficient (Wildman–Crippen LogP) is 0.948. The number of nitrogens with one attached hydrogen (secondary N) is 2. The zero-order valence-corrected chi connectivity index (χ0v) is 12.0. The van der Waals surface area contributed by atoms with Crippen LogP contribution in [0.1, 0.15) is 5.56 Å². The summed E-state index contributed by atoms with van der Waals surface area (Å²) in [5.74, 6) is -0.210. The number of hydrogen-bond acceptors (Lipinski definition) is 5. The van der Waals surface area contributed by atoms with Gasteiger partial charge >= 0.3 is 0 Å². The van der Waals surface area contributed by atoms with Gasteiger partial charge in [-0.05, 0) is 18.2 Å². The summed E-state index contributed by atoms with van der Waals surface area (Å²) in [6.45, 7) is 2.12. The summed E-state index contributed by atoms with van der Waals surface area (Å²) in [4.78, 5) is 13.8. The van der Waals surface area contributed by atoms with Gasteiger partial charge in [0.2, 0.25) is 5.91 Å². The van der Waals surface area contributed by atoms with Crippen LogP contribution in [-0.4, -0.2) is 43.0 Å². The molecule has 0 aromatic heterocycles. The minimum absolute atomic E-state index is 0.150. The zero-order valence-electron chi connectivity index (χ0n) is 11.3. The third-order valence-electron chi connectivity index (χ3n) is 3.22. The van der Waals surface area contributed by atoms with Crippen LogP contribution in [0.15, 0.2) is 18.2 Å². The summed E-state index contributed by atoms with van der Waals surface area (Å²) < 4.78 is 0. The molecule has 108 valence electrons. The Labute approximate surface area is 127 Å². The average Bonchev–Trinajstić information content (AvgIpc) is 2.48. The number of halogens is 1. The molecule has 1 saturated heterocycles. The molecule has 0 aliphatic carbocycles. The van der Waals surface area contributed by atoms with Gasteiger partial charge in [0.05, 0.1) is 23.2 Å². The van der Waals surface area contributed by atoms with Crippen molar-refractivity contribution in [2.24, 2.45) is 0 Å². The van der Waals surface area contributed by atoms with E-state index >= 15 is 0 Å². The molecule has 1 heterocycles. The molecule has 1 atom stereocenters. The number of rotatable bonds is 3. The molecule has 1 aromatic rings. The molecular weight excluding hydrogens is 290 g/mol. The van der Waals surface area contributed by atoms with E-state index in [1.54, 1.807) is 12.1 Å². The van der Waals surface area contributed by atoms with Gasteiger partial charge in [-0.1, -0.05) is 11.6 Å². The highest BCUT2D eigenvalue weighted by Gasteiger charge is 2.23. The summed E-state index contributed by atoms with van der Waals surface area (Å²) in [7, 11) is 0. The molecule has 7 heteroatoms. The molecule has 0 bridgehead atoms. The van der Waals surface area contributed by atoms with E-state index in [9.17, 15) is 4.79 Å². The lowest BCUT2D eigenvalue weighted by Crippen LogP contribution is -2.52. The minimum atomic E-state index is -0.297. The van der Waals surface area contributed by atoms with E-state index in [-0.39, 0.29) is 18.5 Å². The highest BCUT2D eigenvalue weighted by atomic mass is 35.5. The first-order valence-electron chi connectivity index (χ1n) is 6.48. The number of hydrogen-bond donors (Lipinski definition) is 2. The van der Waals surface area contributed by atoms with Gasteiger partial charge in [-0.25, -0.2) is 0 Å². The van der Waals surface area contributed by atoms with E-state index in [0.717, 1.165) is 6.54 Å². The number of anilines is 1. The Morgan fingerprint density at radius 3 is 3.00 bits per heavy atom. The fraction of sp³-hybridized carbons (Fsp3) is 0.357. The molecule has 1 aromatic carbocycles. The van der Waals surface area contributed by atoms with Crippen molar-refractivity contribution in [1.82, 2.24) is 10.2 Å². The predicted molar refractivity (Wildman–Crippen MR) is 78.6 cm³/mol. The summed E-state index contributed by atoms with van der Waals surface area (Å²) in [5, 5.41) is 24.0. The fourth-order valence-corrected chi connectivity index (χ4v) is 2.35. The van der Waals surface area contributed by atoms with E-state index in [2.05, 4.69) is 16.7 Å². The van der Waals surface area contributed by atoms with Crippen molar-refractivity contribution >= 4 is 23.2 Å². The van der Waals surface area contributed by atoms with Gasteiger partial charge in [-0.3, -0.25) is 9.69 Å². The van der Waals surface area contributed by atoms with Crippen molar-refractivity contribution in [2.75, 3.05) is 31.5 Å². The van der Waals surface area contributed by atoms with E-state index in [1.807, 2.05) is 11.0 Å². The SMILES string of the molecule is N#Cc1ccc(NC(=O)CN2CCNCC2C#N)cc1Cl. The Bertz CT molecular complexity index is 619. The molecular formula is C14H14ClN5O. The number of nitriles is 2. The summed E-state index contributed by atoms with van der Waals surface area (Å²) in [5.41, 5.74) is 0.897. The molecule has 0 spiro atoms. The van der Waals surface area contributed by atoms with Crippen LogP contribution in [0.3, 0.4) is 0 Å². The third kappa shape index (κ3) is 3.93. The monoisotopic (exact) mass is 303 g/mol. The smallest absolute Gasteiger partial charge is 0.238 e. The number of carbonyl (C=O) groups is 1. The lowest BCUT2D eigenvalue weighted by molar-refractivity contribution is -0.117. The molecule has 0 radical (unpaired) electrons. The van der Waals surface area contributed by atoms with Crippen LogP contribution >= 0.6 is 11.6 Å². The quantitative estimate of drug-likeness (QED) is 0.867. The molecule has 2 N–H and O–H groups in total. The van der Waals surface area contributed by atoms with Gasteiger partial charge in [-0.2, -0.15) is 10.5 Å². The first kappa shape index (κ1) is 15.3. The van der Waals surface area contributed by atoms with Crippen molar-refractivity contribution in [1.29, 1.82) is 10.5 Å². The standard InChI is InChI=1S/C14H14ClN5O/c15-13-5-11(2-1-10(13)6-16)19-14(21)9-20-4-3-18-8-12(20)7-17/h1-2,5,12,18H,3-4,8-9H2,(H,19,21). The molecule has 1 aliphatic rings. The average molecular weight is 304 g/mol. The summed E-state index contributed by atoms with van der Waals surface area (Å²) >= 11 is 5.91.